The van der Waals surface area contributed by atoms with Gasteiger partial charge in [0.25, 0.3) is 0 Å². The van der Waals surface area contributed by atoms with Crippen LogP contribution in [-0.2, 0) is 9.59 Å². The Balaban J connectivity index is 2.91. The minimum Gasteiger partial charge on any atom is -0.481 e. The van der Waals surface area contributed by atoms with Gasteiger partial charge >= 0.3 is 5.97 Å². The van der Waals surface area contributed by atoms with Crippen molar-refractivity contribution in [1.29, 1.82) is 0 Å². The van der Waals surface area contributed by atoms with Crippen LogP contribution in [0.2, 0.25) is 0 Å². The first-order valence-corrected chi connectivity index (χ1v) is 3.66. The Hall–Kier alpha value is -0.510. The summed E-state index contributed by atoms with van der Waals surface area (Å²) in [7, 11) is 0. The van der Waals surface area contributed by atoms with Gasteiger partial charge < -0.3 is 9.90 Å². The molecule has 0 aromatic heterocycles. The summed E-state index contributed by atoms with van der Waals surface area (Å²) < 4.78 is 0. The van der Waals surface area contributed by atoms with Gasteiger partial charge in [-0.15, -0.1) is 11.8 Å². The molecule has 1 N–H and O–H groups in total. The van der Waals surface area contributed by atoms with Crippen molar-refractivity contribution in [3.63, 3.8) is 0 Å². The molecule has 0 aliphatic rings. The van der Waals surface area contributed by atoms with Crippen molar-refractivity contribution in [2.75, 3.05) is 11.5 Å². The van der Waals surface area contributed by atoms with E-state index in [0.717, 1.165) is 6.29 Å². The Morgan fingerprint density at radius 1 is 1.67 bits per heavy atom. The Labute approximate surface area is 57.4 Å². The summed E-state index contributed by atoms with van der Waals surface area (Å²) in [6, 6.07) is 0. The van der Waals surface area contributed by atoms with E-state index in [0.29, 0.717) is 12.2 Å². The number of carboxylic acid groups (broad SMARTS) is 1. The Bertz CT molecular complexity index is 102. The fourth-order valence-corrected chi connectivity index (χ4v) is 0.873. The number of aliphatic carboxylic acids is 1. The largest absolute Gasteiger partial charge is 0.481 e. The highest BCUT2D eigenvalue weighted by atomic mass is 32.2. The van der Waals surface area contributed by atoms with E-state index in [9.17, 15) is 9.59 Å². The molecule has 0 atom stereocenters. The number of hydrogen-bond donors (Lipinski definition) is 1. The first kappa shape index (κ1) is 8.49. The molecule has 0 amide bonds. The second-order valence-electron chi connectivity index (χ2n) is 1.40. The van der Waals surface area contributed by atoms with Crippen LogP contribution in [0, 0.1) is 0 Å². The molecule has 0 fully saturated rings. The van der Waals surface area contributed by atoms with E-state index >= 15 is 0 Å². The van der Waals surface area contributed by atoms with Gasteiger partial charge in [0.2, 0.25) is 0 Å². The molecule has 0 rings (SSSR count). The van der Waals surface area contributed by atoms with Gasteiger partial charge in [-0.1, -0.05) is 0 Å². The van der Waals surface area contributed by atoms with Crippen LogP contribution >= 0.6 is 11.8 Å². The minimum atomic E-state index is -0.828. The highest BCUT2D eigenvalue weighted by Crippen LogP contribution is 1.99. The van der Waals surface area contributed by atoms with Gasteiger partial charge in [0.05, 0.1) is 5.75 Å². The minimum absolute atomic E-state index is 0.0911. The van der Waals surface area contributed by atoms with Crippen molar-refractivity contribution in [1.82, 2.24) is 0 Å². The first-order chi connectivity index (χ1) is 4.27. The Morgan fingerprint density at radius 3 is 2.78 bits per heavy atom. The first-order valence-electron chi connectivity index (χ1n) is 2.50. The summed E-state index contributed by atoms with van der Waals surface area (Å²) >= 11 is 1.26. The number of carboxylic acids is 1. The third-order valence-electron chi connectivity index (χ3n) is 0.606. The topological polar surface area (TPSA) is 54.4 Å². The summed E-state index contributed by atoms with van der Waals surface area (Å²) in [4.78, 5) is 19.5. The summed E-state index contributed by atoms with van der Waals surface area (Å²) in [5.41, 5.74) is 0. The van der Waals surface area contributed by atoms with Crippen LogP contribution in [0.15, 0.2) is 0 Å². The standard InChI is InChI=1S/C5H8O3S/c6-2-1-3-9-4-5(7)8/h2H,1,3-4H2,(H,7,8). The van der Waals surface area contributed by atoms with E-state index in [1.165, 1.54) is 11.8 Å². The zero-order valence-electron chi connectivity index (χ0n) is 4.87. The average molecular weight is 148 g/mol. The van der Waals surface area contributed by atoms with Gasteiger partial charge in [-0.05, 0) is 0 Å². The Morgan fingerprint density at radius 2 is 2.33 bits per heavy atom. The molecular weight excluding hydrogens is 140 g/mol. The second kappa shape index (κ2) is 5.62. The normalized spacial score (nSPS) is 8.89. The van der Waals surface area contributed by atoms with Crippen molar-refractivity contribution in [3.8, 4) is 0 Å². The van der Waals surface area contributed by atoms with Gasteiger partial charge in [0, 0.05) is 12.2 Å². The lowest BCUT2D eigenvalue weighted by molar-refractivity contribution is -0.133. The van der Waals surface area contributed by atoms with Crippen molar-refractivity contribution >= 4 is 24.0 Å². The number of hydrogen-bond acceptors (Lipinski definition) is 3. The number of thioether (sulfide) groups is 1. The fraction of sp³-hybridized carbons (Fsp3) is 0.600. The lowest BCUT2D eigenvalue weighted by Gasteiger charge is -1.89. The number of carbonyl (C=O) groups excluding carboxylic acids is 1. The molecule has 52 valence electrons. The molecule has 4 heteroatoms. The van der Waals surface area contributed by atoms with Crippen LogP contribution in [-0.4, -0.2) is 28.9 Å². The van der Waals surface area contributed by atoms with Crippen LogP contribution in [0.25, 0.3) is 0 Å². The number of rotatable bonds is 5. The molecular formula is C5H8O3S. The zero-order chi connectivity index (χ0) is 7.11. The van der Waals surface area contributed by atoms with E-state index in [1.54, 1.807) is 0 Å². The molecule has 0 aromatic rings. The summed E-state index contributed by atoms with van der Waals surface area (Å²) in [5.74, 6) is -0.130. The number of carbonyl (C=O) groups is 2. The lowest BCUT2D eigenvalue weighted by atomic mass is 10.6. The highest BCUT2D eigenvalue weighted by Gasteiger charge is 1.94. The fourth-order valence-electron chi connectivity index (χ4n) is 0.291. The summed E-state index contributed by atoms with van der Waals surface area (Å²) in [5, 5.41) is 8.10. The molecule has 0 spiro atoms. The van der Waals surface area contributed by atoms with Gasteiger partial charge in [-0.2, -0.15) is 0 Å². The molecule has 0 aliphatic heterocycles. The van der Waals surface area contributed by atoms with Crippen molar-refractivity contribution in [2.24, 2.45) is 0 Å². The maximum absolute atomic E-state index is 9.85. The molecule has 0 unspecified atom stereocenters. The number of aldehydes is 1. The van der Waals surface area contributed by atoms with Gasteiger partial charge in [-0.25, -0.2) is 0 Å². The molecule has 0 aliphatic carbocycles. The predicted molar refractivity (Wildman–Crippen MR) is 35.6 cm³/mol. The Kier molecular flexibility index (Phi) is 5.30. The maximum atomic E-state index is 9.85. The highest BCUT2D eigenvalue weighted by molar-refractivity contribution is 7.99. The van der Waals surface area contributed by atoms with E-state index in [4.69, 9.17) is 5.11 Å². The van der Waals surface area contributed by atoms with Crippen LogP contribution in [0.1, 0.15) is 6.42 Å². The van der Waals surface area contributed by atoms with E-state index in [2.05, 4.69) is 0 Å². The van der Waals surface area contributed by atoms with Crippen molar-refractivity contribution in [2.45, 2.75) is 6.42 Å². The average Bonchev–Trinajstić information content (AvgIpc) is 1.80. The summed E-state index contributed by atoms with van der Waals surface area (Å²) in [6.45, 7) is 0. The molecule has 0 bridgehead atoms. The SMILES string of the molecule is O=CCCSCC(=O)O. The van der Waals surface area contributed by atoms with E-state index < -0.39 is 5.97 Å². The molecule has 0 heterocycles. The second-order valence-corrected chi connectivity index (χ2v) is 2.51. The smallest absolute Gasteiger partial charge is 0.313 e. The summed E-state index contributed by atoms with van der Waals surface area (Å²) in [6.07, 6.45) is 1.23. The van der Waals surface area contributed by atoms with Crippen molar-refractivity contribution in [3.05, 3.63) is 0 Å². The van der Waals surface area contributed by atoms with Crippen LogP contribution in [0.5, 0.6) is 0 Å². The molecule has 0 saturated carbocycles. The molecule has 3 nitrogen and oxygen atoms in total. The monoisotopic (exact) mass is 148 g/mol. The van der Waals surface area contributed by atoms with Crippen LogP contribution in [0.3, 0.4) is 0 Å². The zero-order valence-corrected chi connectivity index (χ0v) is 5.69. The van der Waals surface area contributed by atoms with Gasteiger partial charge in [-0.3, -0.25) is 4.79 Å². The van der Waals surface area contributed by atoms with Crippen molar-refractivity contribution < 1.29 is 14.7 Å². The third-order valence-corrected chi connectivity index (χ3v) is 1.58. The third kappa shape index (κ3) is 7.49. The molecule has 0 radical (unpaired) electrons. The van der Waals surface area contributed by atoms with Crippen LogP contribution < -0.4 is 0 Å². The quantitative estimate of drug-likeness (QED) is 0.452. The maximum Gasteiger partial charge on any atom is 0.313 e. The van der Waals surface area contributed by atoms with Gasteiger partial charge in [0.1, 0.15) is 6.29 Å². The van der Waals surface area contributed by atoms with E-state index in [-0.39, 0.29) is 5.75 Å². The van der Waals surface area contributed by atoms with Crippen LogP contribution in [0.4, 0.5) is 0 Å². The molecule has 0 saturated heterocycles. The molecule has 0 aromatic carbocycles. The van der Waals surface area contributed by atoms with E-state index in [1.807, 2.05) is 0 Å². The van der Waals surface area contributed by atoms with Gasteiger partial charge in [0.15, 0.2) is 0 Å². The predicted octanol–water partition coefficient (Wildman–Crippen LogP) is 0.393. The lowest BCUT2D eigenvalue weighted by Crippen LogP contribution is -1.98. The molecule has 9 heavy (non-hydrogen) atoms.